The highest BCUT2D eigenvalue weighted by atomic mass is 32.1. The lowest BCUT2D eigenvalue weighted by molar-refractivity contribution is 0.315. The molecule has 5 rings (SSSR count). The molecule has 6 nitrogen and oxygen atoms in total. The van der Waals surface area contributed by atoms with Crippen LogP contribution in [-0.2, 0) is 0 Å². The van der Waals surface area contributed by atoms with E-state index in [2.05, 4.69) is 63.2 Å². The smallest absolute Gasteiger partial charge is 0.170 e. The van der Waals surface area contributed by atoms with Gasteiger partial charge in [-0.15, -0.1) is 0 Å². The number of pyridine rings is 1. The van der Waals surface area contributed by atoms with E-state index in [1.807, 2.05) is 54.7 Å². The summed E-state index contributed by atoms with van der Waals surface area (Å²) in [6.07, 6.45) is 2.76. The van der Waals surface area contributed by atoms with Crippen LogP contribution in [0.1, 0.15) is 41.1 Å². The normalized spacial score (nSPS) is 17.3. The van der Waals surface area contributed by atoms with Crippen LogP contribution in [0.3, 0.4) is 0 Å². The van der Waals surface area contributed by atoms with Gasteiger partial charge in [0.2, 0.25) is 0 Å². The summed E-state index contributed by atoms with van der Waals surface area (Å²) in [5.74, 6) is 0.260. The zero-order chi connectivity index (χ0) is 25.1. The molecule has 0 radical (unpaired) electrons. The van der Waals surface area contributed by atoms with Crippen molar-refractivity contribution in [1.29, 1.82) is 0 Å². The van der Waals surface area contributed by atoms with Gasteiger partial charge in [0.25, 0.3) is 0 Å². The van der Waals surface area contributed by atoms with Crippen molar-refractivity contribution in [2.24, 2.45) is 0 Å². The van der Waals surface area contributed by atoms with Crippen LogP contribution in [0.15, 0.2) is 85.1 Å². The van der Waals surface area contributed by atoms with E-state index < -0.39 is 0 Å². The van der Waals surface area contributed by atoms with Gasteiger partial charge in [0.15, 0.2) is 5.11 Å². The van der Waals surface area contributed by atoms with Gasteiger partial charge in [-0.1, -0.05) is 36.4 Å². The molecule has 0 bridgehead atoms. The number of aromatic nitrogens is 2. The number of rotatable bonds is 8. The number of hydrogen-bond acceptors (Lipinski definition) is 4. The quantitative estimate of drug-likeness (QED) is 0.215. The minimum absolute atomic E-state index is 0.0186. The van der Waals surface area contributed by atoms with Gasteiger partial charge in [-0.05, 0) is 80.5 Å². The van der Waals surface area contributed by atoms with Crippen molar-refractivity contribution in [3.8, 4) is 11.4 Å². The number of phenolic OH excluding ortho intramolecular Hbond substituents is 1. The van der Waals surface area contributed by atoms with Crippen LogP contribution in [0, 0.1) is 13.8 Å². The number of nitrogens with one attached hydrogen (secondary N) is 2. The molecule has 1 saturated heterocycles. The fourth-order valence-corrected chi connectivity index (χ4v) is 5.47. The van der Waals surface area contributed by atoms with Crippen molar-refractivity contribution in [2.75, 3.05) is 18.4 Å². The van der Waals surface area contributed by atoms with Crippen LogP contribution in [-0.4, -0.2) is 37.8 Å². The molecule has 1 aliphatic rings. The van der Waals surface area contributed by atoms with Crippen molar-refractivity contribution >= 4 is 23.0 Å². The van der Waals surface area contributed by atoms with Gasteiger partial charge in [0.05, 0.1) is 23.5 Å². The number of nitrogens with zero attached hydrogens (tertiary/aromatic N) is 3. The lowest BCUT2D eigenvalue weighted by Crippen LogP contribution is -2.31. The fraction of sp³-hybridized carbons (Fsp3) is 0.241. The van der Waals surface area contributed by atoms with Crippen molar-refractivity contribution in [3.05, 3.63) is 108 Å². The molecule has 2 aromatic carbocycles. The molecule has 1 fully saturated rings. The summed E-state index contributed by atoms with van der Waals surface area (Å²) in [5.41, 5.74) is 6.18. The Kier molecular flexibility index (Phi) is 6.91. The number of aryl methyl sites for hydroxylation is 1. The lowest BCUT2D eigenvalue weighted by Gasteiger charge is -2.28. The summed E-state index contributed by atoms with van der Waals surface area (Å²) in [7, 11) is 0. The number of para-hydroxylation sites is 3. The van der Waals surface area contributed by atoms with E-state index in [0.717, 1.165) is 53.1 Å². The van der Waals surface area contributed by atoms with E-state index in [1.54, 1.807) is 6.07 Å². The molecule has 0 amide bonds. The van der Waals surface area contributed by atoms with E-state index in [9.17, 15) is 5.11 Å². The van der Waals surface area contributed by atoms with Gasteiger partial charge in [-0.2, -0.15) is 0 Å². The van der Waals surface area contributed by atoms with Crippen LogP contribution in [0.25, 0.3) is 5.69 Å². The van der Waals surface area contributed by atoms with Gasteiger partial charge >= 0.3 is 0 Å². The Morgan fingerprint density at radius 2 is 1.75 bits per heavy atom. The summed E-state index contributed by atoms with van der Waals surface area (Å²) in [4.78, 5) is 6.95. The van der Waals surface area contributed by atoms with E-state index in [0.29, 0.717) is 0 Å². The number of aromatic hydroxyl groups is 1. The molecule has 2 aromatic heterocycles. The SMILES string of the molecule is Cc1cc([C@H]2[C@H](c3ccccn3)NC(=S)N2CCCNc2ccccc2)c(C)n1-c1ccccc1O. The molecule has 36 heavy (non-hydrogen) atoms. The first-order chi connectivity index (χ1) is 17.5. The summed E-state index contributed by atoms with van der Waals surface area (Å²) in [6.45, 7) is 5.84. The molecular weight excluding hydrogens is 466 g/mol. The highest BCUT2D eigenvalue weighted by molar-refractivity contribution is 7.80. The topological polar surface area (TPSA) is 65.4 Å². The highest BCUT2D eigenvalue weighted by Gasteiger charge is 2.41. The first-order valence-electron chi connectivity index (χ1n) is 12.3. The summed E-state index contributed by atoms with van der Waals surface area (Å²) in [6, 6.07) is 25.8. The molecule has 3 N–H and O–H groups in total. The summed E-state index contributed by atoms with van der Waals surface area (Å²) < 4.78 is 2.12. The Balaban J connectivity index is 1.46. The second-order valence-electron chi connectivity index (χ2n) is 9.12. The van der Waals surface area contributed by atoms with Gasteiger partial charge in [-0.3, -0.25) is 4.98 Å². The predicted octanol–water partition coefficient (Wildman–Crippen LogP) is 5.67. The van der Waals surface area contributed by atoms with Crippen molar-refractivity contribution < 1.29 is 5.11 Å². The third-order valence-corrected chi connectivity index (χ3v) is 7.14. The van der Waals surface area contributed by atoms with Crippen LogP contribution >= 0.6 is 12.2 Å². The minimum atomic E-state index is -0.0703. The molecule has 3 heterocycles. The van der Waals surface area contributed by atoms with Gasteiger partial charge in [-0.25, -0.2) is 0 Å². The van der Waals surface area contributed by atoms with Crippen molar-refractivity contribution in [3.63, 3.8) is 0 Å². The van der Waals surface area contributed by atoms with E-state index in [4.69, 9.17) is 12.2 Å². The number of phenols is 1. The summed E-state index contributed by atoms with van der Waals surface area (Å²) in [5, 5.41) is 18.4. The van der Waals surface area contributed by atoms with E-state index in [-0.39, 0.29) is 17.8 Å². The maximum absolute atomic E-state index is 10.6. The van der Waals surface area contributed by atoms with E-state index in [1.165, 1.54) is 5.56 Å². The standard InChI is InChI=1S/C29H31N5OS/c1-20-19-23(21(2)34(20)25-14-6-7-15-26(25)35)28-27(24-13-8-9-16-31-24)32-29(36)33(28)18-10-17-30-22-11-4-3-5-12-22/h3-9,11-16,19,27-28,30,35H,10,17-18H2,1-2H3,(H,32,36)/t27-,28-/m0/s1. The molecule has 184 valence electrons. The van der Waals surface area contributed by atoms with Crippen molar-refractivity contribution in [1.82, 2.24) is 19.8 Å². The molecule has 7 heteroatoms. The molecule has 1 aliphatic heterocycles. The van der Waals surface area contributed by atoms with Crippen LogP contribution in [0.2, 0.25) is 0 Å². The fourth-order valence-electron chi connectivity index (χ4n) is 5.13. The van der Waals surface area contributed by atoms with Crippen LogP contribution < -0.4 is 10.6 Å². The molecule has 0 spiro atoms. The average molecular weight is 498 g/mol. The predicted molar refractivity (Wildman–Crippen MR) is 149 cm³/mol. The maximum Gasteiger partial charge on any atom is 0.170 e. The Bertz CT molecular complexity index is 1340. The third kappa shape index (κ3) is 4.66. The van der Waals surface area contributed by atoms with Crippen LogP contribution in [0.4, 0.5) is 5.69 Å². The Hall–Kier alpha value is -3.84. The molecule has 0 saturated carbocycles. The third-order valence-electron chi connectivity index (χ3n) is 6.79. The molecule has 0 unspecified atom stereocenters. The monoisotopic (exact) mass is 497 g/mol. The second-order valence-corrected chi connectivity index (χ2v) is 9.50. The first kappa shape index (κ1) is 23.9. The van der Waals surface area contributed by atoms with E-state index >= 15 is 0 Å². The lowest BCUT2D eigenvalue weighted by atomic mass is 9.96. The average Bonchev–Trinajstić information content (AvgIpc) is 3.38. The Morgan fingerprint density at radius 3 is 2.50 bits per heavy atom. The van der Waals surface area contributed by atoms with Gasteiger partial charge in [0.1, 0.15) is 5.75 Å². The Morgan fingerprint density at radius 1 is 1.00 bits per heavy atom. The number of hydrogen-bond donors (Lipinski definition) is 3. The molecule has 2 atom stereocenters. The maximum atomic E-state index is 10.6. The Labute approximate surface area is 217 Å². The minimum Gasteiger partial charge on any atom is -0.506 e. The highest BCUT2D eigenvalue weighted by Crippen LogP contribution is 2.42. The number of thiocarbonyl (C=S) groups is 1. The second kappa shape index (κ2) is 10.4. The van der Waals surface area contributed by atoms with Gasteiger partial charge in [0, 0.05) is 36.4 Å². The van der Waals surface area contributed by atoms with Gasteiger partial charge < -0.3 is 25.2 Å². The largest absolute Gasteiger partial charge is 0.506 e. The van der Waals surface area contributed by atoms with Crippen LogP contribution in [0.5, 0.6) is 5.75 Å². The first-order valence-corrected chi connectivity index (χ1v) is 12.7. The number of benzene rings is 2. The van der Waals surface area contributed by atoms with Crippen molar-refractivity contribution in [2.45, 2.75) is 32.4 Å². The zero-order valence-corrected chi connectivity index (χ0v) is 21.4. The zero-order valence-electron chi connectivity index (χ0n) is 20.6. The molecular formula is C29H31N5OS. The summed E-state index contributed by atoms with van der Waals surface area (Å²) >= 11 is 5.85. The number of anilines is 1. The molecule has 0 aliphatic carbocycles. The molecule has 4 aromatic rings.